The number of carboxylic acid groups (broad SMARTS) is 1. The summed E-state index contributed by atoms with van der Waals surface area (Å²) in [6, 6.07) is -1.04. The average molecular weight is 284 g/mol. The highest BCUT2D eigenvalue weighted by molar-refractivity contribution is 5.83. The van der Waals surface area contributed by atoms with Gasteiger partial charge in [0.25, 0.3) is 0 Å². The smallest absolute Gasteiger partial charge is 0.328 e. The number of hydrogen-bond acceptors (Lipinski definition) is 3. The summed E-state index contributed by atoms with van der Waals surface area (Å²) >= 11 is 0. The van der Waals surface area contributed by atoms with E-state index in [-0.39, 0.29) is 24.1 Å². The predicted octanol–water partition coefficient (Wildman–Crippen LogP) is 1.45. The van der Waals surface area contributed by atoms with Crippen LogP contribution in [0.1, 0.15) is 39.5 Å². The summed E-state index contributed by atoms with van der Waals surface area (Å²) in [7, 11) is 0. The van der Waals surface area contributed by atoms with Gasteiger partial charge < -0.3 is 20.1 Å². The molecule has 2 rings (SSSR count). The normalized spacial score (nSPS) is 29.8. The molecule has 2 unspecified atom stereocenters. The van der Waals surface area contributed by atoms with Crippen molar-refractivity contribution < 1.29 is 19.4 Å². The third-order valence-corrected chi connectivity index (χ3v) is 4.48. The minimum absolute atomic E-state index is 0.0663. The molecule has 0 aromatic heterocycles. The maximum Gasteiger partial charge on any atom is 0.328 e. The van der Waals surface area contributed by atoms with E-state index >= 15 is 0 Å². The Bertz CT molecular complexity index is 383. The zero-order valence-corrected chi connectivity index (χ0v) is 12.2. The van der Waals surface area contributed by atoms with Gasteiger partial charge in [0.1, 0.15) is 0 Å². The number of morpholine rings is 1. The summed E-state index contributed by atoms with van der Waals surface area (Å²) in [5.41, 5.74) is 0.0684. The Morgan fingerprint density at radius 1 is 1.35 bits per heavy atom. The fourth-order valence-electron chi connectivity index (χ4n) is 3.04. The van der Waals surface area contributed by atoms with Crippen LogP contribution in [0.15, 0.2) is 0 Å². The second-order valence-corrected chi connectivity index (χ2v) is 6.36. The molecule has 2 N–H and O–H groups in total. The van der Waals surface area contributed by atoms with Crippen LogP contribution < -0.4 is 5.32 Å². The molecule has 1 heterocycles. The van der Waals surface area contributed by atoms with Crippen LogP contribution in [0.2, 0.25) is 0 Å². The van der Waals surface area contributed by atoms with E-state index in [9.17, 15) is 9.59 Å². The van der Waals surface area contributed by atoms with Crippen molar-refractivity contribution in [3.05, 3.63) is 0 Å². The van der Waals surface area contributed by atoms with Gasteiger partial charge in [-0.05, 0) is 18.3 Å². The van der Waals surface area contributed by atoms with Crippen LogP contribution in [0.5, 0.6) is 0 Å². The Balaban J connectivity index is 2.01. The molecular weight excluding hydrogens is 260 g/mol. The van der Waals surface area contributed by atoms with Crippen molar-refractivity contribution in [3.63, 3.8) is 0 Å². The van der Waals surface area contributed by atoms with Gasteiger partial charge in [-0.2, -0.15) is 0 Å². The predicted molar refractivity (Wildman–Crippen MR) is 73.5 cm³/mol. The zero-order valence-electron chi connectivity index (χ0n) is 12.2. The van der Waals surface area contributed by atoms with Gasteiger partial charge >= 0.3 is 12.0 Å². The zero-order chi connectivity index (χ0) is 14.8. The molecule has 2 amide bonds. The van der Waals surface area contributed by atoms with E-state index in [1.54, 1.807) is 0 Å². The highest BCUT2D eigenvalue weighted by Gasteiger charge is 2.37. The number of hydrogen-bond donors (Lipinski definition) is 2. The molecule has 2 aliphatic rings. The number of carbonyl (C=O) groups is 2. The number of rotatable bonds is 2. The quantitative estimate of drug-likeness (QED) is 0.804. The van der Waals surface area contributed by atoms with Crippen LogP contribution >= 0.6 is 0 Å². The van der Waals surface area contributed by atoms with Crippen molar-refractivity contribution in [1.29, 1.82) is 0 Å². The Kier molecular flexibility index (Phi) is 4.52. The molecule has 6 nitrogen and oxygen atoms in total. The molecule has 1 aliphatic carbocycles. The standard InChI is InChI=1S/C14H24N2O4/c1-14(2)6-4-3-5-11(14)15-13(19)16-7-8-20-9-10(16)12(17)18/h10-11H,3-9H2,1-2H3,(H,15,19)(H,17,18). The van der Waals surface area contributed by atoms with Gasteiger partial charge in [0.2, 0.25) is 0 Å². The highest BCUT2D eigenvalue weighted by Crippen LogP contribution is 2.35. The minimum atomic E-state index is -1.01. The van der Waals surface area contributed by atoms with E-state index in [0.717, 1.165) is 19.3 Å². The Morgan fingerprint density at radius 3 is 2.75 bits per heavy atom. The SMILES string of the molecule is CC1(C)CCCCC1NC(=O)N1CCOCC1C(=O)O. The molecular formula is C14H24N2O4. The lowest BCUT2D eigenvalue weighted by atomic mass is 9.73. The largest absolute Gasteiger partial charge is 0.480 e. The van der Waals surface area contributed by atoms with E-state index in [0.29, 0.717) is 13.2 Å². The van der Waals surface area contributed by atoms with Crippen LogP contribution in [0, 0.1) is 5.41 Å². The monoisotopic (exact) mass is 284 g/mol. The molecule has 6 heteroatoms. The van der Waals surface area contributed by atoms with Crippen LogP contribution in [0.4, 0.5) is 4.79 Å². The van der Waals surface area contributed by atoms with Crippen LogP contribution in [-0.4, -0.2) is 53.8 Å². The first-order valence-electron chi connectivity index (χ1n) is 7.29. The summed E-state index contributed by atoms with van der Waals surface area (Å²) in [6.07, 6.45) is 4.35. The van der Waals surface area contributed by atoms with E-state index < -0.39 is 12.0 Å². The van der Waals surface area contributed by atoms with Gasteiger partial charge in [0, 0.05) is 12.6 Å². The molecule has 0 bridgehead atoms. The number of carbonyl (C=O) groups excluding carboxylic acids is 1. The van der Waals surface area contributed by atoms with Gasteiger partial charge in [-0.1, -0.05) is 26.7 Å². The Morgan fingerprint density at radius 2 is 2.10 bits per heavy atom. The lowest BCUT2D eigenvalue weighted by Crippen LogP contribution is -2.59. The molecule has 0 aromatic carbocycles. The van der Waals surface area contributed by atoms with Crippen molar-refractivity contribution >= 4 is 12.0 Å². The number of amides is 2. The molecule has 20 heavy (non-hydrogen) atoms. The van der Waals surface area contributed by atoms with E-state index in [2.05, 4.69) is 19.2 Å². The third kappa shape index (κ3) is 3.23. The van der Waals surface area contributed by atoms with Crippen molar-refractivity contribution in [2.45, 2.75) is 51.6 Å². The topological polar surface area (TPSA) is 78.9 Å². The molecule has 1 saturated heterocycles. The first-order chi connectivity index (χ1) is 9.42. The van der Waals surface area contributed by atoms with Crippen molar-refractivity contribution in [3.8, 4) is 0 Å². The second-order valence-electron chi connectivity index (χ2n) is 6.36. The molecule has 2 fully saturated rings. The maximum absolute atomic E-state index is 12.4. The molecule has 114 valence electrons. The van der Waals surface area contributed by atoms with Crippen LogP contribution in [0.25, 0.3) is 0 Å². The van der Waals surface area contributed by atoms with Gasteiger partial charge in [-0.15, -0.1) is 0 Å². The molecule has 0 radical (unpaired) electrons. The summed E-state index contributed by atoms with van der Waals surface area (Å²) in [5, 5.41) is 12.2. The van der Waals surface area contributed by atoms with E-state index in [4.69, 9.17) is 9.84 Å². The molecule has 1 saturated carbocycles. The van der Waals surface area contributed by atoms with Crippen molar-refractivity contribution in [2.75, 3.05) is 19.8 Å². The Hall–Kier alpha value is -1.30. The number of nitrogens with zero attached hydrogens (tertiary/aromatic N) is 1. The fraction of sp³-hybridized carbons (Fsp3) is 0.857. The van der Waals surface area contributed by atoms with Gasteiger partial charge in [-0.3, -0.25) is 0 Å². The number of aliphatic carboxylic acids is 1. The molecule has 0 spiro atoms. The van der Waals surface area contributed by atoms with Gasteiger partial charge in [0.15, 0.2) is 6.04 Å². The molecule has 0 aromatic rings. The summed E-state index contributed by atoms with van der Waals surface area (Å²) < 4.78 is 5.15. The highest BCUT2D eigenvalue weighted by atomic mass is 16.5. The Labute approximate surface area is 119 Å². The number of nitrogens with one attached hydrogen (secondary N) is 1. The number of carboxylic acids is 1. The van der Waals surface area contributed by atoms with Gasteiger partial charge in [-0.25, -0.2) is 9.59 Å². The van der Waals surface area contributed by atoms with E-state index in [1.807, 2.05) is 0 Å². The second kappa shape index (κ2) is 5.99. The third-order valence-electron chi connectivity index (χ3n) is 4.48. The number of ether oxygens (including phenoxy) is 1. The summed E-state index contributed by atoms with van der Waals surface area (Å²) in [4.78, 5) is 24.9. The first-order valence-corrected chi connectivity index (χ1v) is 7.29. The first kappa shape index (κ1) is 15.1. The van der Waals surface area contributed by atoms with E-state index in [1.165, 1.54) is 11.3 Å². The maximum atomic E-state index is 12.4. The van der Waals surface area contributed by atoms with Crippen molar-refractivity contribution in [2.24, 2.45) is 5.41 Å². The molecule has 1 aliphatic heterocycles. The lowest BCUT2D eigenvalue weighted by molar-refractivity contribution is -0.147. The fourth-order valence-corrected chi connectivity index (χ4v) is 3.04. The number of urea groups is 1. The average Bonchev–Trinajstić information content (AvgIpc) is 2.41. The molecule has 2 atom stereocenters. The summed E-state index contributed by atoms with van der Waals surface area (Å²) in [6.45, 7) is 5.11. The summed E-state index contributed by atoms with van der Waals surface area (Å²) in [5.74, 6) is -1.01. The van der Waals surface area contributed by atoms with Crippen LogP contribution in [-0.2, 0) is 9.53 Å². The minimum Gasteiger partial charge on any atom is -0.480 e. The van der Waals surface area contributed by atoms with Gasteiger partial charge in [0.05, 0.1) is 13.2 Å². The lowest BCUT2D eigenvalue weighted by Gasteiger charge is -2.41. The van der Waals surface area contributed by atoms with Crippen LogP contribution in [0.3, 0.4) is 0 Å². The van der Waals surface area contributed by atoms with Crippen molar-refractivity contribution in [1.82, 2.24) is 10.2 Å².